The number of nitriles is 1. The molecule has 25 heavy (non-hydrogen) atoms. The molecule has 6 heteroatoms. The van der Waals surface area contributed by atoms with Gasteiger partial charge in [-0.3, -0.25) is 0 Å². The van der Waals surface area contributed by atoms with Crippen molar-refractivity contribution < 1.29 is 5.11 Å². The zero-order chi connectivity index (χ0) is 17.8. The van der Waals surface area contributed by atoms with E-state index in [0.717, 1.165) is 24.2 Å². The summed E-state index contributed by atoms with van der Waals surface area (Å²) in [5.41, 5.74) is 2.29. The van der Waals surface area contributed by atoms with E-state index in [-0.39, 0.29) is 18.6 Å². The topological polar surface area (TPSA) is 93.9 Å². The summed E-state index contributed by atoms with van der Waals surface area (Å²) in [7, 11) is 0. The van der Waals surface area contributed by atoms with E-state index < -0.39 is 0 Å². The van der Waals surface area contributed by atoms with Gasteiger partial charge in [0.1, 0.15) is 11.9 Å². The van der Waals surface area contributed by atoms with Gasteiger partial charge in [0.2, 0.25) is 5.95 Å². The molecule has 1 aliphatic rings. The van der Waals surface area contributed by atoms with Crippen LogP contribution in [0.15, 0.2) is 30.3 Å². The summed E-state index contributed by atoms with van der Waals surface area (Å²) in [4.78, 5) is 9.14. The van der Waals surface area contributed by atoms with E-state index in [2.05, 4.69) is 26.7 Å². The van der Waals surface area contributed by atoms with Gasteiger partial charge < -0.3 is 15.7 Å². The highest BCUT2D eigenvalue weighted by atomic mass is 16.3. The number of para-hydroxylation sites is 1. The van der Waals surface area contributed by atoms with E-state index in [1.54, 1.807) is 6.07 Å². The Bertz CT molecular complexity index is 780. The van der Waals surface area contributed by atoms with Crippen LogP contribution in [-0.2, 0) is 0 Å². The maximum absolute atomic E-state index is 9.55. The molecular weight excluding hydrogens is 314 g/mol. The van der Waals surface area contributed by atoms with E-state index in [4.69, 9.17) is 0 Å². The predicted molar refractivity (Wildman–Crippen MR) is 97.8 cm³/mol. The molecule has 1 aliphatic carbocycles. The summed E-state index contributed by atoms with van der Waals surface area (Å²) in [6.07, 6.45) is 2.27. The maximum Gasteiger partial charge on any atom is 0.225 e. The van der Waals surface area contributed by atoms with Gasteiger partial charge in [-0.25, -0.2) is 4.98 Å². The van der Waals surface area contributed by atoms with Crippen LogP contribution in [0.1, 0.15) is 43.9 Å². The van der Waals surface area contributed by atoms with Gasteiger partial charge in [0, 0.05) is 12.0 Å². The van der Waals surface area contributed by atoms with Crippen molar-refractivity contribution >= 4 is 17.5 Å². The predicted octanol–water partition coefficient (Wildman–Crippen LogP) is 3.40. The number of aliphatic hydroxyl groups excluding tert-OH is 1. The molecule has 0 radical (unpaired) electrons. The lowest BCUT2D eigenvalue weighted by atomic mass is 10.1. The molecule has 0 unspecified atom stereocenters. The van der Waals surface area contributed by atoms with Gasteiger partial charge in [-0.1, -0.05) is 26.0 Å². The monoisotopic (exact) mass is 337 g/mol. The van der Waals surface area contributed by atoms with Crippen molar-refractivity contribution in [3.05, 3.63) is 41.6 Å². The fourth-order valence-electron chi connectivity index (χ4n) is 2.60. The Balaban J connectivity index is 1.89. The molecule has 2 aromatic rings. The normalized spacial score (nSPS) is 14.8. The molecule has 0 aliphatic heterocycles. The van der Waals surface area contributed by atoms with Crippen molar-refractivity contribution in [1.82, 2.24) is 9.97 Å². The van der Waals surface area contributed by atoms with Gasteiger partial charge in [-0.15, -0.1) is 0 Å². The molecule has 1 saturated carbocycles. The summed E-state index contributed by atoms with van der Waals surface area (Å²) >= 11 is 0. The van der Waals surface area contributed by atoms with Crippen LogP contribution < -0.4 is 10.6 Å². The van der Waals surface area contributed by atoms with Crippen molar-refractivity contribution in [2.75, 3.05) is 17.2 Å². The second-order valence-corrected chi connectivity index (χ2v) is 6.74. The molecule has 1 aromatic carbocycles. The van der Waals surface area contributed by atoms with Gasteiger partial charge in [-0.05, 0) is 30.9 Å². The van der Waals surface area contributed by atoms with Gasteiger partial charge in [-0.2, -0.15) is 10.2 Å². The van der Waals surface area contributed by atoms with E-state index in [0.29, 0.717) is 23.2 Å². The number of hydrogen-bond donors (Lipinski definition) is 3. The minimum Gasteiger partial charge on any atom is -0.394 e. The van der Waals surface area contributed by atoms with Crippen LogP contribution >= 0.6 is 0 Å². The summed E-state index contributed by atoms with van der Waals surface area (Å²) in [5, 5.41) is 25.3. The molecule has 6 nitrogen and oxygen atoms in total. The average molecular weight is 337 g/mol. The zero-order valence-corrected chi connectivity index (χ0v) is 14.5. The highest BCUT2D eigenvalue weighted by Crippen LogP contribution is 2.40. The molecule has 3 N–H and O–H groups in total. The van der Waals surface area contributed by atoms with Crippen molar-refractivity contribution in [2.24, 2.45) is 5.92 Å². The Morgan fingerprint density at radius 1 is 1.28 bits per heavy atom. The Morgan fingerprint density at radius 3 is 2.68 bits per heavy atom. The highest BCUT2D eigenvalue weighted by Gasteiger charge is 2.26. The zero-order valence-electron chi connectivity index (χ0n) is 14.5. The third-order valence-electron chi connectivity index (χ3n) is 4.37. The number of aromatic nitrogens is 2. The third-order valence-corrected chi connectivity index (χ3v) is 4.37. The van der Waals surface area contributed by atoms with Crippen LogP contribution in [0.4, 0.5) is 17.5 Å². The van der Waals surface area contributed by atoms with Crippen LogP contribution in [0, 0.1) is 17.2 Å². The number of nitrogens with zero attached hydrogens (tertiary/aromatic N) is 3. The van der Waals surface area contributed by atoms with Crippen molar-refractivity contribution in [2.45, 2.75) is 38.6 Å². The van der Waals surface area contributed by atoms with E-state index in [9.17, 15) is 10.4 Å². The summed E-state index contributed by atoms with van der Waals surface area (Å²) in [5.74, 6) is 1.90. The number of rotatable bonds is 7. The third kappa shape index (κ3) is 4.25. The Morgan fingerprint density at radius 2 is 2.04 bits per heavy atom. The minimum atomic E-state index is -0.103. The molecule has 1 atom stereocenters. The fourth-order valence-corrected chi connectivity index (χ4v) is 2.60. The number of benzene rings is 1. The number of aliphatic hydroxyl groups is 1. The molecule has 1 fully saturated rings. The number of anilines is 3. The Hall–Kier alpha value is -2.65. The SMILES string of the molecule is CC(C)[C@H](CO)Nc1nc(Nc2ccccc2C#N)cc(C2CC2)n1. The fraction of sp³-hybridized carbons (Fsp3) is 0.421. The van der Waals surface area contributed by atoms with Gasteiger partial charge in [0.25, 0.3) is 0 Å². The molecular formula is C19H23N5O. The molecule has 3 rings (SSSR count). The first-order valence-corrected chi connectivity index (χ1v) is 8.63. The van der Waals surface area contributed by atoms with Crippen molar-refractivity contribution in [1.29, 1.82) is 5.26 Å². The van der Waals surface area contributed by atoms with Crippen LogP contribution in [0.5, 0.6) is 0 Å². The molecule has 0 amide bonds. The summed E-state index contributed by atoms with van der Waals surface area (Å²) in [6, 6.07) is 11.4. The smallest absolute Gasteiger partial charge is 0.225 e. The van der Waals surface area contributed by atoms with Gasteiger partial charge >= 0.3 is 0 Å². The lowest BCUT2D eigenvalue weighted by Crippen LogP contribution is -2.30. The minimum absolute atomic E-state index is 0.0225. The number of hydrogen-bond acceptors (Lipinski definition) is 6. The van der Waals surface area contributed by atoms with Crippen LogP contribution in [0.2, 0.25) is 0 Å². The lowest BCUT2D eigenvalue weighted by Gasteiger charge is -2.20. The van der Waals surface area contributed by atoms with Gasteiger partial charge in [0.05, 0.1) is 29.6 Å². The van der Waals surface area contributed by atoms with Crippen LogP contribution in [0.3, 0.4) is 0 Å². The molecule has 1 aromatic heterocycles. The van der Waals surface area contributed by atoms with E-state index in [1.807, 2.05) is 38.1 Å². The van der Waals surface area contributed by atoms with Crippen molar-refractivity contribution in [3.8, 4) is 6.07 Å². The van der Waals surface area contributed by atoms with E-state index >= 15 is 0 Å². The highest BCUT2D eigenvalue weighted by molar-refractivity contribution is 5.65. The largest absolute Gasteiger partial charge is 0.394 e. The molecule has 0 spiro atoms. The number of nitrogens with one attached hydrogen (secondary N) is 2. The van der Waals surface area contributed by atoms with Crippen molar-refractivity contribution in [3.63, 3.8) is 0 Å². The Kier molecular flexibility index (Phi) is 5.15. The van der Waals surface area contributed by atoms with E-state index in [1.165, 1.54) is 0 Å². The Labute approximate surface area is 147 Å². The molecule has 0 saturated heterocycles. The second-order valence-electron chi connectivity index (χ2n) is 6.74. The summed E-state index contributed by atoms with van der Waals surface area (Å²) < 4.78 is 0. The first kappa shape index (κ1) is 17.2. The average Bonchev–Trinajstić information content (AvgIpc) is 3.45. The summed E-state index contributed by atoms with van der Waals surface area (Å²) in [6.45, 7) is 4.11. The molecule has 1 heterocycles. The first-order valence-electron chi connectivity index (χ1n) is 8.63. The van der Waals surface area contributed by atoms with Crippen LogP contribution in [-0.4, -0.2) is 27.7 Å². The van der Waals surface area contributed by atoms with Gasteiger partial charge in [0.15, 0.2) is 0 Å². The molecule has 130 valence electrons. The lowest BCUT2D eigenvalue weighted by molar-refractivity contribution is 0.248. The standard InChI is InChI=1S/C19H23N5O/c1-12(2)17(11-25)23-19-22-16(13-7-8-13)9-18(24-19)21-15-6-4-3-5-14(15)10-20/h3-6,9,12-13,17,25H,7-8,11H2,1-2H3,(H2,21,22,23,24)/t17-/m0/s1. The maximum atomic E-state index is 9.55. The quantitative estimate of drug-likeness (QED) is 0.717. The first-order chi connectivity index (χ1) is 12.1. The second kappa shape index (κ2) is 7.49. The van der Waals surface area contributed by atoms with Crippen LogP contribution in [0.25, 0.3) is 0 Å². The molecule has 0 bridgehead atoms.